The summed E-state index contributed by atoms with van der Waals surface area (Å²) in [7, 11) is 0. The molecule has 0 amide bonds. The Morgan fingerprint density at radius 3 is 2.67 bits per heavy atom. The highest BCUT2D eigenvalue weighted by atomic mass is 32.1. The second-order valence-corrected chi connectivity index (χ2v) is 4.68. The molecule has 0 aliphatic rings. The van der Waals surface area contributed by atoms with Crippen molar-refractivity contribution < 1.29 is 0 Å². The van der Waals surface area contributed by atoms with Crippen molar-refractivity contribution in [2.45, 2.75) is 39.3 Å². The summed E-state index contributed by atoms with van der Waals surface area (Å²) >= 11 is 1.73. The maximum Gasteiger partial charge on any atom is 0.0984 e. The summed E-state index contributed by atoms with van der Waals surface area (Å²) in [6, 6.07) is 6.49. The van der Waals surface area contributed by atoms with Gasteiger partial charge in [0.1, 0.15) is 0 Å². The molecule has 1 unspecified atom stereocenters. The van der Waals surface area contributed by atoms with Crippen molar-refractivity contribution >= 4 is 11.3 Å². The van der Waals surface area contributed by atoms with Gasteiger partial charge in [-0.25, -0.2) is 0 Å². The van der Waals surface area contributed by atoms with Crippen LogP contribution in [0.4, 0.5) is 0 Å². The highest BCUT2D eigenvalue weighted by molar-refractivity contribution is 7.09. The monoisotopic (exact) mass is 222 g/mol. The fraction of sp³-hybridized carbons (Fsp3) is 0.583. The molecule has 0 fully saturated rings. The third-order valence-electron chi connectivity index (χ3n) is 2.74. The van der Waals surface area contributed by atoms with Crippen molar-refractivity contribution in [3.8, 4) is 6.07 Å². The fourth-order valence-electron chi connectivity index (χ4n) is 1.70. The Balaban J connectivity index is 2.44. The smallest absolute Gasteiger partial charge is 0.0984 e. The number of rotatable bonds is 6. The predicted molar refractivity (Wildman–Crippen MR) is 64.6 cm³/mol. The SMILES string of the molecule is CCC(CC)C(C#N)NCc1cccs1. The minimum Gasteiger partial charge on any atom is -0.297 e. The van der Waals surface area contributed by atoms with Gasteiger partial charge in [-0.2, -0.15) is 5.26 Å². The molecule has 0 radical (unpaired) electrons. The van der Waals surface area contributed by atoms with E-state index in [2.05, 4.69) is 36.7 Å². The lowest BCUT2D eigenvalue weighted by atomic mass is 9.95. The zero-order chi connectivity index (χ0) is 11.1. The Kier molecular flexibility index (Phi) is 5.38. The molecule has 1 rings (SSSR count). The van der Waals surface area contributed by atoms with Crippen LogP contribution in [0.3, 0.4) is 0 Å². The number of nitrogens with zero attached hydrogens (tertiary/aromatic N) is 1. The Morgan fingerprint density at radius 1 is 1.47 bits per heavy atom. The molecule has 1 heterocycles. The molecule has 0 aromatic carbocycles. The van der Waals surface area contributed by atoms with Crippen LogP contribution in [-0.2, 0) is 6.54 Å². The minimum absolute atomic E-state index is 0.0119. The van der Waals surface area contributed by atoms with E-state index < -0.39 is 0 Å². The Bertz CT molecular complexity index is 296. The van der Waals surface area contributed by atoms with Gasteiger partial charge in [0, 0.05) is 11.4 Å². The molecule has 0 saturated carbocycles. The lowest BCUT2D eigenvalue weighted by Gasteiger charge is -2.19. The molecule has 1 N–H and O–H groups in total. The van der Waals surface area contributed by atoms with Gasteiger partial charge in [0.05, 0.1) is 12.1 Å². The van der Waals surface area contributed by atoms with Gasteiger partial charge in [-0.15, -0.1) is 11.3 Å². The summed E-state index contributed by atoms with van der Waals surface area (Å²) in [6.45, 7) is 5.10. The number of hydrogen-bond acceptors (Lipinski definition) is 3. The van der Waals surface area contributed by atoms with Crippen LogP contribution >= 0.6 is 11.3 Å². The lowest BCUT2D eigenvalue weighted by molar-refractivity contribution is 0.389. The van der Waals surface area contributed by atoms with Gasteiger partial charge in [-0.3, -0.25) is 5.32 Å². The quantitative estimate of drug-likeness (QED) is 0.802. The first kappa shape index (κ1) is 12.2. The van der Waals surface area contributed by atoms with Gasteiger partial charge in [0.2, 0.25) is 0 Å². The lowest BCUT2D eigenvalue weighted by Crippen LogP contribution is -2.33. The fourth-order valence-corrected chi connectivity index (χ4v) is 2.36. The third-order valence-corrected chi connectivity index (χ3v) is 3.61. The molecule has 3 heteroatoms. The van der Waals surface area contributed by atoms with Crippen LogP contribution in [0, 0.1) is 17.2 Å². The average molecular weight is 222 g/mol. The molecule has 1 atom stereocenters. The number of nitrogens with one attached hydrogen (secondary N) is 1. The molecule has 1 aromatic rings. The zero-order valence-corrected chi connectivity index (χ0v) is 10.2. The number of hydrogen-bond donors (Lipinski definition) is 1. The molecule has 1 aromatic heterocycles. The van der Waals surface area contributed by atoms with Gasteiger partial charge < -0.3 is 0 Å². The maximum absolute atomic E-state index is 9.08. The van der Waals surface area contributed by atoms with Crippen molar-refractivity contribution in [2.24, 2.45) is 5.92 Å². The van der Waals surface area contributed by atoms with E-state index in [4.69, 9.17) is 5.26 Å². The van der Waals surface area contributed by atoms with Crippen molar-refractivity contribution in [3.63, 3.8) is 0 Å². The van der Waals surface area contributed by atoms with E-state index in [1.54, 1.807) is 11.3 Å². The van der Waals surface area contributed by atoms with Crippen molar-refractivity contribution in [1.82, 2.24) is 5.32 Å². The van der Waals surface area contributed by atoms with Crippen molar-refractivity contribution in [2.75, 3.05) is 0 Å². The van der Waals surface area contributed by atoms with Crippen molar-refractivity contribution in [1.29, 1.82) is 5.26 Å². The van der Waals surface area contributed by atoms with Crippen LogP contribution in [-0.4, -0.2) is 6.04 Å². The number of nitriles is 1. The summed E-state index contributed by atoms with van der Waals surface area (Å²) in [6.07, 6.45) is 2.12. The van der Waals surface area contributed by atoms with E-state index in [0.717, 1.165) is 19.4 Å². The second kappa shape index (κ2) is 6.60. The van der Waals surface area contributed by atoms with Crippen molar-refractivity contribution in [3.05, 3.63) is 22.4 Å². The molecule has 2 nitrogen and oxygen atoms in total. The van der Waals surface area contributed by atoms with E-state index in [0.29, 0.717) is 5.92 Å². The zero-order valence-electron chi connectivity index (χ0n) is 9.36. The molecule has 0 spiro atoms. The highest BCUT2D eigenvalue weighted by Gasteiger charge is 2.16. The highest BCUT2D eigenvalue weighted by Crippen LogP contribution is 2.14. The van der Waals surface area contributed by atoms with E-state index in [1.807, 2.05) is 6.07 Å². The van der Waals surface area contributed by atoms with E-state index in [9.17, 15) is 0 Å². The van der Waals surface area contributed by atoms with Crippen LogP contribution < -0.4 is 5.32 Å². The van der Waals surface area contributed by atoms with Crippen LogP contribution in [0.25, 0.3) is 0 Å². The van der Waals surface area contributed by atoms with E-state index in [-0.39, 0.29) is 6.04 Å². The van der Waals surface area contributed by atoms with Gasteiger partial charge >= 0.3 is 0 Å². The van der Waals surface area contributed by atoms with Gasteiger partial charge in [-0.05, 0) is 17.4 Å². The molecule has 0 aliphatic carbocycles. The van der Waals surface area contributed by atoms with Gasteiger partial charge in [0.15, 0.2) is 0 Å². The van der Waals surface area contributed by atoms with E-state index in [1.165, 1.54) is 4.88 Å². The first-order valence-electron chi connectivity index (χ1n) is 5.47. The summed E-state index contributed by atoms with van der Waals surface area (Å²) in [5.41, 5.74) is 0. The summed E-state index contributed by atoms with van der Waals surface area (Å²) in [5.74, 6) is 0.468. The van der Waals surface area contributed by atoms with Crippen LogP contribution in [0.2, 0.25) is 0 Å². The largest absolute Gasteiger partial charge is 0.297 e. The Morgan fingerprint density at radius 2 is 2.20 bits per heavy atom. The predicted octanol–water partition coefficient (Wildman–Crippen LogP) is 3.17. The summed E-state index contributed by atoms with van der Waals surface area (Å²) < 4.78 is 0. The normalized spacial score (nSPS) is 12.7. The molecule has 82 valence electrons. The molecular formula is C12H18N2S. The molecule has 15 heavy (non-hydrogen) atoms. The second-order valence-electron chi connectivity index (χ2n) is 3.64. The van der Waals surface area contributed by atoms with Crippen LogP contribution in [0.5, 0.6) is 0 Å². The van der Waals surface area contributed by atoms with Crippen LogP contribution in [0.1, 0.15) is 31.6 Å². The minimum atomic E-state index is -0.0119. The standard InChI is InChI=1S/C12H18N2S/c1-3-10(4-2)12(8-13)14-9-11-6-5-7-15-11/h5-7,10,12,14H,3-4,9H2,1-2H3. The maximum atomic E-state index is 9.08. The topological polar surface area (TPSA) is 35.8 Å². The summed E-state index contributed by atoms with van der Waals surface area (Å²) in [5, 5.41) is 14.5. The first-order valence-corrected chi connectivity index (χ1v) is 6.35. The van der Waals surface area contributed by atoms with E-state index >= 15 is 0 Å². The molecular weight excluding hydrogens is 204 g/mol. The Hall–Kier alpha value is -0.850. The van der Waals surface area contributed by atoms with Crippen LogP contribution in [0.15, 0.2) is 17.5 Å². The van der Waals surface area contributed by atoms with Gasteiger partial charge in [-0.1, -0.05) is 32.8 Å². The molecule has 0 saturated heterocycles. The summed E-state index contributed by atoms with van der Waals surface area (Å²) in [4.78, 5) is 1.29. The average Bonchev–Trinajstić information content (AvgIpc) is 2.77. The first-order chi connectivity index (χ1) is 7.31. The molecule has 0 aliphatic heterocycles. The third kappa shape index (κ3) is 3.65. The Labute approximate surface area is 95.9 Å². The van der Waals surface area contributed by atoms with Gasteiger partial charge in [0.25, 0.3) is 0 Å². The molecule has 0 bridgehead atoms. The number of thiophene rings is 1.